The highest BCUT2D eigenvalue weighted by molar-refractivity contribution is 4.85. The first-order valence-corrected chi connectivity index (χ1v) is 9.53. The van der Waals surface area contributed by atoms with E-state index in [-0.39, 0.29) is 0 Å². The Hall–Kier alpha value is 0. The molecule has 2 unspecified atom stereocenters. The molecule has 1 saturated carbocycles. The second kappa shape index (κ2) is 9.85. The van der Waals surface area contributed by atoms with Gasteiger partial charge in [-0.3, -0.25) is 0 Å². The molecule has 120 valence electrons. The van der Waals surface area contributed by atoms with Crippen LogP contribution in [0.4, 0.5) is 0 Å². The van der Waals surface area contributed by atoms with Crippen LogP contribution in [0.1, 0.15) is 111 Å². The van der Waals surface area contributed by atoms with Gasteiger partial charge in [0.15, 0.2) is 0 Å². The highest BCUT2D eigenvalue weighted by atomic mass is 14.4. The number of hydrogen-bond donors (Lipinski definition) is 0. The van der Waals surface area contributed by atoms with Crippen LogP contribution in [-0.2, 0) is 0 Å². The number of rotatable bonds is 12. The Morgan fingerprint density at radius 1 is 0.700 bits per heavy atom. The van der Waals surface area contributed by atoms with Gasteiger partial charge in [0, 0.05) is 0 Å². The lowest BCUT2D eigenvalue weighted by molar-refractivity contribution is 0.356. The van der Waals surface area contributed by atoms with Gasteiger partial charge in [-0.15, -0.1) is 0 Å². The average molecular weight is 281 g/mol. The van der Waals surface area contributed by atoms with Crippen LogP contribution >= 0.6 is 0 Å². The van der Waals surface area contributed by atoms with E-state index in [4.69, 9.17) is 0 Å². The van der Waals surface area contributed by atoms with E-state index in [1.807, 2.05) is 0 Å². The summed E-state index contributed by atoms with van der Waals surface area (Å²) < 4.78 is 0. The molecule has 0 aromatic rings. The van der Waals surface area contributed by atoms with Crippen LogP contribution in [0.25, 0.3) is 0 Å². The smallest absolute Gasteiger partial charge is 0.0383 e. The minimum atomic E-state index is 0.541. The van der Waals surface area contributed by atoms with Crippen molar-refractivity contribution in [1.29, 1.82) is 0 Å². The zero-order valence-corrected chi connectivity index (χ0v) is 14.8. The molecule has 0 saturated heterocycles. The second-order valence-electron chi connectivity index (χ2n) is 8.47. The summed E-state index contributed by atoms with van der Waals surface area (Å²) in [6.07, 6.45) is 19.2. The summed E-state index contributed by atoms with van der Waals surface area (Å²) in [5.41, 5.74) is 0.541. The summed E-state index contributed by atoms with van der Waals surface area (Å²) in [5.74, 6) is 2.26. The zero-order chi connectivity index (χ0) is 14.8. The fourth-order valence-electron chi connectivity index (χ4n) is 3.44. The van der Waals surface area contributed by atoms with Crippen molar-refractivity contribution in [2.75, 3.05) is 0 Å². The third-order valence-corrected chi connectivity index (χ3v) is 5.00. The monoisotopic (exact) mass is 280 g/mol. The summed E-state index contributed by atoms with van der Waals surface area (Å²) >= 11 is 0. The van der Waals surface area contributed by atoms with Gasteiger partial charge in [-0.05, 0) is 30.1 Å². The third-order valence-electron chi connectivity index (χ3n) is 5.00. The highest BCUT2D eigenvalue weighted by Crippen LogP contribution is 2.45. The van der Waals surface area contributed by atoms with Crippen molar-refractivity contribution < 1.29 is 0 Å². The van der Waals surface area contributed by atoms with Crippen LogP contribution < -0.4 is 0 Å². The molecule has 0 spiro atoms. The Labute approximate surface area is 129 Å². The Balaban J connectivity index is 1.80. The van der Waals surface area contributed by atoms with E-state index in [2.05, 4.69) is 27.7 Å². The minimum Gasteiger partial charge on any atom is -0.0654 e. The molecular formula is C20H40. The Kier molecular flexibility index (Phi) is 8.89. The third kappa shape index (κ3) is 9.83. The molecule has 0 bridgehead atoms. The van der Waals surface area contributed by atoms with E-state index in [0.717, 1.165) is 11.8 Å². The molecule has 0 amide bonds. The minimum absolute atomic E-state index is 0.541. The predicted molar refractivity (Wildman–Crippen MR) is 92.1 cm³/mol. The molecule has 0 aliphatic heterocycles. The zero-order valence-electron chi connectivity index (χ0n) is 14.8. The number of hydrogen-bond acceptors (Lipinski definition) is 0. The molecule has 0 nitrogen and oxygen atoms in total. The summed E-state index contributed by atoms with van der Waals surface area (Å²) in [7, 11) is 0. The summed E-state index contributed by atoms with van der Waals surface area (Å²) in [5, 5.41) is 0. The summed E-state index contributed by atoms with van der Waals surface area (Å²) in [6.45, 7) is 9.39. The first kappa shape index (κ1) is 18.1. The van der Waals surface area contributed by atoms with E-state index in [9.17, 15) is 0 Å². The normalized spacial score (nSPS) is 22.2. The second-order valence-corrected chi connectivity index (χ2v) is 8.47. The van der Waals surface area contributed by atoms with Gasteiger partial charge in [0.05, 0.1) is 0 Å². The van der Waals surface area contributed by atoms with E-state index < -0.39 is 0 Å². The molecule has 0 radical (unpaired) electrons. The van der Waals surface area contributed by atoms with Crippen LogP contribution in [-0.4, -0.2) is 0 Å². The van der Waals surface area contributed by atoms with Crippen molar-refractivity contribution in [2.24, 2.45) is 17.3 Å². The van der Waals surface area contributed by atoms with Gasteiger partial charge in [-0.1, -0.05) is 98.3 Å². The molecular weight excluding hydrogens is 240 g/mol. The van der Waals surface area contributed by atoms with E-state index in [1.165, 1.54) is 77.0 Å². The lowest BCUT2D eigenvalue weighted by Crippen LogP contribution is -2.03. The van der Waals surface area contributed by atoms with Gasteiger partial charge in [-0.25, -0.2) is 0 Å². The van der Waals surface area contributed by atoms with Gasteiger partial charge in [0.1, 0.15) is 0 Å². The molecule has 2 atom stereocenters. The van der Waals surface area contributed by atoms with Crippen molar-refractivity contribution in [3.63, 3.8) is 0 Å². The molecule has 1 rings (SSSR count). The van der Waals surface area contributed by atoms with Crippen LogP contribution in [0, 0.1) is 17.3 Å². The molecule has 1 aliphatic carbocycles. The molecule has 1 aliphatic rings. The fourth-order valence-corrected chi connectivity index (χ4v) is 3.44. The maximum atomic E-state index is 2.36. The molecule has 0 N–H and O–H groups in total. The first-order chi connectivity index (χ1) is 9.53. The Morgan fingerprint density at radius 3 is 1.75 bits per heavy atom. The molecule has 0 heteroatoms. The van der Waals surface area contributed by atoms with E-state index >= 15 is 0 Å². The van der Waals surface area contributed by atoms with Crippen molar-refractivity contribution >= 4 is 0 Å². The molecule has 0 aromatic carbocycles. The van der Waals surface area contributed by atoms with Crippen molar-refractivity contribution in [1.82, 2.24) is 0 Å². The van der Waals surface area contributed by atoms with Crippen molar-refractivity contribution in [3.8, 4) is 0 Å². The number of unbranched alkanes of at least 4 members (excludes halogenated alkanes) is 7. The lowest BCUT2D eigenvalue weighted by atomic mass is 9.89. The van der Waals surface area contributed by atoms with Gasteiger partial charge in [0.2, 0.25) is 0 Å². The van der Waals surface area contributed by atoms with Crippen LogP contribution in [0.15, 0.2) is 0 Å². The van der Waals surface area contributed by atoms with Crippen LogP contribution in [0.3, 0.4) is 0 Å². The van der Waals surface area contributed by atoms with E-state index in [0.29, 0.717) is 5.41 Å². The van der Waals surface area contributed by atoms with E-state index in [1.54, 1.807) is 6.42 Å². The van der Waals surface area contributed by atoms with Gasteiger partial charge in [0.25, 0.3) is 0 Å². The van der Waals surface area contributed by atoms with Gasteiger partial charge in [-0.2, -0.15) is 0 Å². The quantitative estimate of drug-likeness (QED) is 0.327. The van der Waals surface area contributed by atoms with Crippen LogP contribution in [0.5, 0.6) is 0 Å². The topological polar surface area (TPSA) is 0 Å². The highest BCUT2D eigenvalue weighted by Gasteiger charge is 2.34. The first-order valence-electron chi connectivity index (χ1n) is 9.53. The summed E-state index contributed by atoms with van der Waals surface area (Å²) in [6, 6.07) is 0. The van der Waals surface area contributed by atoms with Gasteiger partial charge >= 0.3 is 0 Å². The Bertz CT molecular complexity index is 223. The maximum absolute atomic E-state index is 2.36. The fraction of sp³-hybridized carbons (Fsp3) is 1.00. The van der Waals surface area contributed by atoms with Gasteiger partial charge < -0.3 is 0 Å². The SMILES string of the molecule is CCCCCCC1CC1CCCCCCCC(C)(C)C. The van der Waals surface area contributed by atoms with Crippen molar-refractivity contribution in [3.05, 3.63) is 0 Å². The lowest BCUT2D eigenvalue weighted by Gasteiger charge is -2.17. The van der Waals surface area contributed by atoms with Crippen LogP contribution in [0.2, 0.25) is 0 Å². The molecule has 20 heavy (non-hydrogen) atoms. The van der Waals surface area contributed by atoms with Crippen molar-refractivity contribution in [2.45, 2.75) is 111 Å². The molecule has 0 heterocycles. The molecule has 0 aromatic heterocycles. The maximum Gasteiger partial charge on any atom is -0.0383 e. The largest absolute Gasteiger partial charge is 0.0654 e. The average Bonchev–Trinajstić information content (AvgIpc) is 3.11. The standard InChI is InChI=1S/C20H40/c1-5-6-7-11-14-18-17-19(18)15-12-9-8-10-13-16-20(2,3)4/h18-19H,5-17H2,1-4H3. The Morgan fingerprint density at radius 2 is 1.20 bits per heavy atom. The summed E-state index contributed by atoms with van der Waals surface area (Å²) in [4.78, 5) is 0. The predicted octanol–water partition coefficient (Wildman–Crippen LogP) is 7.37. The molecule has 1 fully saturated rings.